The fourth-order valence-corrected chi connectivity index (χ4v) is 6.48. The average Bonchev–Trinajstić information content (AvgIpc) is 3.59. The standard InChI is InChI=1S/C30H36N4O4S/c1-3-37-25-14-8-7-10-21(25)18-34-17-16-22(19-34)33(2)29(36)24-13-9-15-26-28(24)32-30(39-26)31-27(35)20-38-23-11-5-4-6-12-23/h4-8,10-12,14,22,24H,3,9,13,15-20H2,1-2H3,(H,31,32,35). The number of aromatic nitrogens is 1. The maximum absolute atomic E-state index is 13.7. The Morgan fingerprint density at radius 2 is 1.90 bits per heavy atom. The van der Waals surface area contributed by atoms with E-state index in [1.54, 1.807) is 0 Å². The Bertz CT molecular complexity index is 1280. The minimum atomic E-state index is -0.269. The number of ether oxygens (including phenoxy) is 2. The van der Waals surface area contributed by atoms with Gasteiger partial charge in [-0.1, -0.05) is 36.4 Å². The molecule has 9 heteroatoms. The molecule has 2 aliphatic rings. The van der Waals surface area contributed by atoms with E-state index in [4.69, 9.17) is 14.5 Å². The number of anilines is 1. The van der Waals surface area contributed by atoms with Crippen LogP contribution in [0.5, 0.6) is 11.5 Å². The second kappa shape index (κ2) is 12.6. The second-order valence-corrected chi connectivity index (χ2v) is 11.2. The Labute approximate surface area is 233 Å². The van der Waals surface area contributed by atoms with Crippen molar-refractivity contribution in [1.29, 1.82) is 0 Å². The van der Waals surface area contributed by atoms with Gasteiger partial charge < -0.3 is 14.4 Å². The van der Waals surface area contributed by atoms with Gasteiger partial charge in [-0.25, -0.2) is 4.98 Å². The van der Waals surface area contributed by atoms with Gasteiger partial charge in [-0.3, -0.25) is 19.8 Å². The lowest BCUT2D eigenvalue weighted by Gasteiger charge is -2.30. The van der Waals surface area contributed by atoms with Crippen LogP contribution in [0.1, 0.15) is 48.2 Å². The Morgan fingerprint density at radius 3 is 2.72 bits per heavy atom. The molecule has 39 heavy (non-hydrogen) atoms. The molecule has 2 aromatic carbocycles. The van der Waals surface area contributed by atoms with Crippen LogP contribution in [0.25, 0.3) is 0 Å². The lowest BCUT2D eigenvalue weighted by atomic mass is 9.89. The number of benzene rings is 2. The molecule has 5 rings (SSSR count). The van der Waals surface area contributed by atoms with Crippen molar-refractivity contribution in [2.75, 3.05) is 38.7 Å². The number of likely N-dealkylation sites (tertiary alicyclic amines) is 1. The number of thiazole rings is 1. The zero-order valence-corrected chi connectivity index (χ0v) is 23.4. The van der Waals surface area contributed by atoms with Crippen molar-refractivity contribution in [3.63, 3.8) is 0 Å². The molecule has 206 valence electrons. The summed E-state index contributed by atoms with van der Waals surface area (Å²) in [6.45, 7) is 5.14. The van der Waals surface area contributed by atoms with E-state index >= 15 is 0 Å². The van der Waals surface area contributed by atoms with Crippen LogP contribution in [0.2, 0.25) is 0 Å². The van der Waals surface area contributed by atoms with Crippen molar-refractivity contribution < 1.29 is 19.1 Å². The van der Waals surface area contributed by atoms with E-state index in [-0.39, 0.29) is 30.4 Å². The third-order valence-corrected chi connectivity index (χ3v) is 8.47. The molecular formula is C30H36N4O4S. The van der Waals surface area contributed by atoms with Crippen LogP contribution in [0.15, 0.2) is 54.6 Å². The zero-order valence-electron chi connectivity index (χ0n) is 22.6. The first-order chi connectivity index (χ1) is 19.0. The van der Waals surface area contributed by atoms with Gasteiger partial charge in [-0.05, 0) is 50.8 Å². The van der Waals surface area contributed by atoms with E-state index in [0.717, 1.165) is 61.6 Å². The van der Waals surface area contributed by atoms with Crippen LogP contribution in [0.4, 0.5) is 5.13 Å². The first-order valence-electron chi connectivity index (χ1n) is 13.7. The summed E-state index contributed by atoms with van der Waals surface area (Å²) in [6.07, 6.45) is 3.54. The van der Waals surface area contributed by atoms with E-state index in [0.29, 0.717) is 17.5 Å². The number of nitrogens with zero attached hydrogens (tertiary/aromatic N) is 3. The number of nitrogens with one attached hydrogen (secondary N) is 1. The van der Waals surface area contributed by atoms with Crippen molar-refractivity contribution >= 4 is 28.3 Å². The predicted octanol–water partition coefficient (Wildman–Crippen LogP) is 4.71. The van der Waals surface area contributed by atoms with Gasteiger partial charge in [0.25, 0.3) is 5.91 Å². The van der Waals surface area contributed by atoms with Gasteiger partial charge in [0, 0.05) is 43.2 Å². The van der Waals surface area contributed by atoms with Gasteiger partial charge in [0.1, 0.15) is 11.5 Å². The summed E-state index contributed by atoms with van der Waals surface area (Å²) in [6, 6.07) is 17.6. The molecule has 2 atom stereocenters. The first kappa shape index (κ1) is 27.1. The lowest BCUT2D eigenvalue weighted by molar-refractivity contribution is -0.133. The highest BCUT2D eigenvalue weighted by atomic mass is 32.1. The van der Waals surface area contributed by atoms with E-state index in [9.17, 15) is 9.59 Å². The summed E-state index contributed by atoms with van der Waals surface area (Å²) >= 11 is 1.47. The molecule has 1 saturated heterocycles. The number of para-hydroxylation sites is 2. The second-order valence-electron chi connectivity index (χ2n) is 10.1. The van der Waals surface area contributed by atoms with Crippen LogP contribution < -0.4 is 14.8 Å². The topological polar surface area (TPSA) is 84.0 Å². The Kier molecular flexibility index (Phi) is 8.78. The quantitative estimate of drug-likeness (QED) is 0.395. The number of rotatable bonds is 10. The normalized spacial score (nSPS) is 18.8. The summed E-state index contributed by atoms with van der Waals surface area (Å²) < 4.78 is 11.3. The van der Waals surface area contributed by atoms with Gasteiger partial charge in [0.15, 0.2) is 11.7 Å². The molecule has 1 aromatic heterocycles. The Morgan fingerprint density at radius 1 is 1.10 bits per heavy atom. The van der Waals surface area contributed by atoms with E-state index in [1.165, 1.54) is 16.9 Å². The van der Waals surface area contributed by atoms with Crippen molar-refractivity contribution in [3.05, 3.63) is 70.7 Å². The molecule has 0 saturated carbocycles. The van der Waals surface area contributed by atoms with Crippen molar-refractivity contribution in [2.24, 2.45) is 0 Å². The maximum Gasteiger partial charge on any atom is 0.264 e. The van der Waals surface area contributed by atoms with E-state index in [1.807, 2.05) is 67.4 Å². The fraction of sp³-hybridized carbons (Fsp3) is 0.433. The summed E-state index contributed by atoms with van der Waals surface area (Å²) in [7, 11) is 1.93. The van der Waals surface area contributed by atoms with E-state index < -0.39 is 0 Å². The molecule has 8 nitrogen and oxygen atoms in total. The SMILES string of the molecule is CCOc1ccccc1CN1CCC(N(C)C(=O)C2CCCc3sc(NC(=O)COc4ccccc4)nc32)C1. The smallest absolute Gasteiger partial charge is 0.264 e. The van der Waals surface area contributed by atoms with Crippen molar-refractivity contribution in [3.8, 4) is 11.5 Å². The summed E-state index contributed by atoms with van der Waals surface area (Å²) in [5.41, 5.74) is 2.00. The number of aryl methyl sites for hydroxylation is 1. The van der Waals surface area contributed by atoms with Crippen LogP contribution in [0, 0.1) is 0 Å². The third-order valence-electron chi connectivity index (χ3n) is 7.42. The van der Waals surface area contributed by atoms with Crippen LogP contribution in [-0.2, 0) is 22.6 Å². The van der Waals surface area contributed by atoms with Gasteiger partial charge in [-0.15, -0.1) is 11.3 Å². The van der Waals surface area contributed by atoms with Crippen LogP contribution in [0.3, 0.4) is 0 Å². The number of carbonyl (C=O) groups is 2. The number of amides is 2. The van der Waals surface area contributed by atoms with Gasteiger partial charge >= 0.3 is 0 Å². The highest BCUT2D eigenvalue weighted by molar-refractivity contribution is 7.15. The molecule has 0 spiro atoms. The van der Waals surface area contributed by atoms with Gasteiger partial charge in [-0.2, -0.15) is 0 Å². The van der Waals surface area contributed by atoms with Crippen molar-refractivity contribution in [1.82, 2.24) is 14.8 Å². The number of hydrogen-bond donors (Lipinski definition) is 1. The number of carbonyl (C=O) groups excluding carboxylic acids is 2. The maximum atomic E-state index is 13.7. The first-order valence-corrected chi connectivity index (χ1v) is 14.5. The van der Waals surface area contributed by atoms with Crippen LogP contribution >= 0.6 is 11.3 Å². The Balaban J connectivity index is 1.18. The lowest BCUT2D eigenvalue weighted by Crippen LogP contribution is -2.42. The minimum Gasteiger partial charge on any atom is -0.494 e. The molecule has 1 N–H and O–H groups in total. The van der Waals surface area contributed by atoms with E-state index in [2.05, 4.69) is 16.3 Å². The predicted molar refractivity (Wildman–Crippen MR) is 152 cm³/mol. The minimum absolute atomic E-state index is 0.0907. The molecule has 1 fully saturated rings. The third kappa shape index (κ3) is 6.59. The van der Waals surface area contributed by atoms with Crippen LogP contribution in [-0.4, -0.2) is 66.0 Å². The zero-order chi connectivity index (χ0) is 27.2. The Hall–Kier alpha value is -3.43. The fourth-order valence-electron chi connectivity index (χ4n) is 5.40. The number of hydrogen-bond acceptors (Lipinski definition) is 7. The summed E-state index contributed by atoms with van der Waals surface area (Å²) in [5.74, 6) is 1.16. The van der Waals surface area contributed by atoms with Gasteiger partial charge in [0.05, 0.1) is 18.2 Å². The number of likely N-dealkylation sites (N-methyl/N-ethyl adjacent to an activating group) is 1. The molecule has 2 unspecified atom stereocenters. The highest BCUT2D eigenvalue weighted by Gasteiger charge is 2.36. The largest absolute Gasteiger partial charge is 0.494 e. The molecule has 3 aromatic rings. The molecular weight excluding hydrogens is 512 g/mol. The molecule has 2 heterocycles. The monoisotopic (exact) mass is 548 g/mol. The van der Waals surface area contributed by atoms with Crippen molar-refractivity contribution in [2.45, 2.75) is 51.1 Å². The molecule has 1 aliphatic heterocycles. The molecule has 1 aliphatic carbocycles. The summed E-state index contributed by atoms with van der Waals surface area (Å²) in [4.78, 5) is 36.3. The molecule has 0 radical (unpaired) electrons. The molecule has 2 amide bonds. The molecule has 0 bridgehead atoms. The summed E-state index contributed by atoms with van der Waals surface area (Å²) in [5, 5.41) is 3.39. The number of fused-ring (bicyclic) bond motifs is 1. The van der Waals surface area contributed by atoms with Gasteiger partial charge in [0.2, 0.25) is 5.91 Å². The average molecular weight is 549 g/mol. The highest BCUT2D eigenvalue weighted by Crippen LogP contribution is 2.38.